The highest BCUT2D eigenvalue weighted by Gasteiger charge is 2.29. The lowest BCUT2D eigenvalue weighted by Crippen LogP contribution is -2.41. The first-order valence-corrected chi connectivity index (χ1v) is 3.76. The molecule has 0 saturated heterocycles. The van der Waals surface area contributed by atoms with Gasteiger partial charge in [-0.25, -0.2) is 4.79 Å². The molecule has 0 aromatic heterocycles. The second-order valence-electron chi connectivity index (χ2n) is 3.05. The third-order valence-corrected chi connectivity index (χ3v) is 1.91. The second-order valence-corrected chi connectivity index (χ2v) is 3.05. The van der Waals surface area contributed by atoms with Crippen molar-refractivity contribution in [3.8, 4) is 5.75 Å². The Kier molecular flexibility index (Phi) is 3.92. The fraction of sp³-hybridized carbons (Fsp3) is 0.222. The molecule has 78 valence electrons. The first-order valence-electron chi connectivity index (χ1n) is 3.76. The molecule has 0 heterocycles. The SMILES string of the molecule is C[C@@](N)(C(=O)O)c1ccc(O)cc1.Cl. The Morgan fingerprint density at radius 3 is 2.14 bits per heavy atom. The number of nitrogens with two attached hydrogens (primary N) is 1. The molecule has 0 aliphatic rings. The van der Waals surface area contributed by atoms with Gasteiger partial charge in [0.2, 0.25) is 0 Å². The molecule has 14 heavy (non-hydrogen) atoms. The van der Waals surface area contributed by atoms with Crippen LogP contribution in [0.25, 0.3) is 0 Å². The molecule has 0 spiro atoms. The van der Waals surface area contributed by atoms with Gasteiger partial charge in [-0.3, -0.25) is 0 Å². The molecule has 0 fully saturated rings. The van der Waals surface area contributed by atoms with Gasteiger partial charge in [-0.1, -0.05) is 12.1 Å². The number of hydrogen-bond donors (Lipinski definition) is 3. The molecule has 1 atom stereocenters. The minimum absolute atomic E-state index is 0. The van der Waals surface area contributed by atoms with Crippen molar-refractivity contribution in [1.82, 2.24) is 0 Å². The average molecular weight is 218 g/mol. The van der Waals surface area contributed by atoms with Gasteiger partial charge < -0.3 is 15.9 Å². The molecule has 1 aromatic rings. The lowest BCUT2D eigenvalue weighted by atomic mass is 9.93. The van der Waals surface area contributed by atoms with Crippen LogP contribution in [0.1, 0.15) is 12.5 Å². The van der Waals surface area contributed by atoms with Gasteiger partial charge in [0.05, 0.1) is 0 Å². The summed E-state index contributed by atoms with van der Waals surface area (Å²) in [5, 5.41) is 17.7. The van der Waals surface area contributed by atoms with Gasteiger partial charge in [0.15, 0.2) is 0 Å². The Labute approximate surface area is 87.8 Å². The number of hydrogen-bond acceptors (Lipinski definition) is 3. The van der Waals surface area contributed by atoms with E-state index in [1.54, 1.807) is 0 Å². The molecule has 4 nitrogen and oxygen atoms in total. The van der Waals surface area contributed by atoms with E-state index in [4.69, 9.17) is 15.9 Å². The first-order chi connectivity index (χ1) is 5.94. The van der Waals surface area contributed by atoms with Gasteiger partial charge in [-0.05, 0) is 24.6 Å². The number of carboxylic acids is 1. The molecule has 1 rings (SSSR count). The van der Waals surface area contributed by atoms with Crippen molar-refractivity contribution in [3.63, 3.8) is 0 Å². The van der Waals surface area contributed by atoms with Gasteiger partial charge >= 0.3 is 5.97 Å². The topological polar surface area (TPSA) is 83.6 Å². The van der Waals surface area contributed by atoms with Gasteiger partial charge in [-0.2, -0.15) is 0 Å². The molecular weight excluding hydrogens is 206 g/mol. The summed E-state index contributed by atoms with van der Waals surface area (Å²) < 4.78 is 0. The average Bonchev–Trinajstić information content (AvgIpc) is 2.04. The Hall–Kier alpha value is -1.26. The molecule has 0 unspecified atom stereocenters. The summed E-state index contributed by atoms with van der Waals surface area (Å²) in [6.45, 7) is 1.40. The maximum atomic E-state index is 10.7. The van der Waals surface area contributed by atoms with Crippen molar-refractivity contribution < 1.29 is 15.0 Å². The van der Waals surface area contributed by atoms with E-state index >= 15 is 0 Å². The summed E-state index contributed by atoms with van der Waals surface area (Å²) in [4.78, 5) is 10.7. The molecule has 0 aliphatic heterocycles. The van der Waals surface area contributed by atoms with Crippen LogP contribution in [-0.2, 0) is 10.3 Å². The van der Waals surface area contributed by atoms with E-state index in [2.05, 4.69) is 0 Å². The lowest BCUT2D eigenvalue weighted by Gasteiger charge is -2.19. The zero-order chi connectivity index (χ0) is 10.1. The zero-order valence-electron chi connectivity index (χ0n) is 7.60. The van der Waals surface area contributed by atoms with Crippen LogP contribution in [0.2, 0.25) is 0 Å². The highest BCUT2D eigenvalue weighted by molar-refractivity contribution is 5.85. The first kappa shape index (κ1) is 12.7. The smallest absolute Gasteiger partial charge is 0.328 e. The summed E-state index contributed by atoms with van der Waals surface area (Å²) >= 11 is 0. The third kappa shape index (κ3) is 2.37. The number of phenols is 1. The number of carboxylic acid groups (broad SMARTS) is 1. The van der Waals surface area contributed by atoms with Crippen molar-refractivity contribution in [1.29, 1.82) is 0 Å². The summed E-state index contributed by atoms with van der Waals surface area (Å²) in [5.41, 5.74) is 4.60. The number of halogens is 1. The molecule has 1 aromatic carbocycles. The number of aliphatic carboxylic acids is 1. The van der Waals surface area contributed by atoms with Crippen LogP contribution >= 0.6 is 12.4 Å². The molecular formula is C9H12ClNO3. The van der Waals surface area contributed by atoms with Gasteiger partial charge in [-0.15, -0.1) is 12.4 Å². The Morgan fingerprint density at radius 1 is 1.36 bits per heavy atom. The van der Waals surface area contributed by atoms with E-state index in [0.29, 0.717) is 5.56 Å². The molecule has 0 saturated carbocycles. The minimum atomic E-state index is -1.41. The largest absolute Gasteiger partial charge is 0.508 e. The molecule has 5 heteroatoms. The molecule has 0 aliphatic carbocycles. The van der Waals surface area contributed by atoms with Crippen molar-refractivity contribution in [3.05, 3.63) is 29.8 Å². The lowest BCUT2D eigenvalue weighted by molar-refractivity contribution is -0.143. The predicted octanol–water partition coefficient (Wildman–Crippen LogP) is 1.07. The van der Waals surface area contributed by atoms with E-state index < -0.39 is 11.5 Å². The number of phenolic OH excluding ortho intramolecular Hbond substituents is 1. The molecule has 4 N–H and O–H groups in total. The highest BCUT2D eigenvalue weighted by Crippen LogP contribution is 2.20. The quantitative estimate of drug-likeness (QED) is 0.692. The zero-order valence-corrected chi connectivity index (χ0v) is 8.41. The van der Waals surface area contributed by atoms with Crippen LogP contribution < -0.4 is 5.73 Å². The Morgan fingerprint density at radius 2 is 1.79 bits per heavy atom. The van der Waals surface area contributed by atoms with Gasteiger partial charge in [0, 0.05) is 0 Å². The Bertz CT molecular complexity index is 321. The predicted molar refractivity (Wildman–Crippen MR) is 54.5 cm³/mol. The minimum Gasteiger partial charge on any atom is -0.508 e. The number of carbonyl (C=O) groups is 1. The number of benzene rings is 1. The van der Waals surface area contributed by atoms with Crippen LogP contribution in [-0.4, -0.2) is 16.2 Å². The van der Waals surface area contributed by atoms with Crippen LogP contribution in [0.15, 0.2) is 24.3 Å². The summed E-state index contributed by atoms with van der Waals surface area (Å²) in [5.74, 6) is -1.01. The van der Waals surface area contributed by atoms with Gasteiger partial charge in [0.25, 0.3) is 0 Å². The number of aromatic hydroxyl groups is 1. The van der Waals surface area contributed by atoms with Crippen molar-refractivity contribution >= 4 is 18.4 Å². The normalized spacial score (nSPS) is 13.9. The maximum Gasteiger partial charge on any atom is 0.328 e. The summed E-state index contributed by atoms with van der Waals surface area (Å²) in [6, 6.07) is 5.79. The van der Waals surface area contributed by atoms with Crippen molar-refractivity contribution in [2.45, 2.75) is 12.5 Å². The molecule has 0 radical (unpaired) electrons. The fourth-order valence-corrected chi connectivity index (χ4v) is 0.931. The standard InChI is InChI=1S/C9H11NO3.ClH/c1-9(10,8(12)13)6-2-4-7(11)5-3-6;/h2-5,11H,10H2,1H3,(H,12,13);1H/t9-;/m0./s1. The summed E-state index contributed by atoms with van der Waals surface area (Å²) in [6.07, 6.45) is 0. The maximum absolute atomic E-state index is 10.7. The second kappa shape index (κ2) is 4.30. The Balaban J connectivity index is 0.00000169. The van der Waals surface area contributed by atoms with Crippen LogP contribution in [0, 0.1) is 0 Å². The van der Waals surface area contributed by atoms with Crippen molar-refractivity contribution in [2.24, 2.45) is 5.73 Å². The third-order valence-electron chi connectivity index (χ3n) is 1.91. The molecule has 0 bridgehead atoms. The molecule has 0 amide bonds. The van der Waals surface area contributed by atoms with E-state index in [1.807, 2.05) is 0 Å². The monoisotopic (exact) mass is 217 g/mol. The van der Waals surface area contributed by atoms with Crippen LogP contribution in [0.4, 0.5) is 0 Å². The number of rotatable bonds is 2. The van der Waals surface area contributed by atoms with E-state index in [0.717, 1.165) is 0 Å². The van der Waals surface area contributed by atoms with Gasteiger partial charge in [0.1, 0.15) is 11.3 Å². The van der Waals surface area contributed by atoms with E-state index in [1.165, 1.54) is 31.2 Å². The van der Waals surface area contributed by atoms with E-state index in [-0.39, 0.29) is 18.2 Å². The highest BCUT2D eigenvalue weighted by atomic mass is 35.5. The van der Waals surface area contributed by atoms with Crippen LogP contribution in [0.3, 0.4) is 0 Å². The fourth-order valence-electron chi connectivity index (χ4n) is 0.931. The van der Waals surface area contributed by atoms with E-state index in [9.17, 15) is 4.79 Å². The van der Waals surface area contributed by atoms with Crippen LogP contribution in [0.5, 0.6) is 5.75 Å². The van der Waals surface area contributed by atoms with Crippen molar-refractivity contribution in [2.75, 3.05) is 0 Å². The summed E-state index contributed by atoms with van der Waals surface area (Å²) in [7, 11) is 0.